The lowest BCUT2D eigenvalue weighted by Crippen LogP contribution is -2.04. The van der Waals surface area contributed by atoms with Gasteiger partial charge in [-0.1, -0.05) is 41.4 Å². The van der Waals surface area contributed by atoms with Crippen molar-refractivity contribution in [1.29, 1.82) is 0 Å². The molecule has 0 saturated carbocycles. The number of benzene rings is 1. The van der Waals surface area contributed by atoms with Gasteiger partial charge in [0, 0.05) is 17.5 Å². The van der Waals surface area contributed by atoms with Crippen LogP contribution in [0.4, 0.5) is 0 Å². The molecule has 0 bridgehead atoms. The number of ketones is 1. The maximum atomic E-state index is 12.1. The summed E-state index contributed by atoms with van der Waals surface area (Å²) in [5, 5.41) is 0. The second-order valence-electron chi connectivity index (χ2n) is 3.65. The van der Waals surface area contributed by atoms with Gasteiger partial charge in [-0.15, -0.1) is 11.3 Å². The average Bonchev–Trinajstić information content (AvgIpc) is 2.69. The number of carbonyl (C=O) groups excluding carboxylic acids is 1. The fourth-order valence-corrected chi connectivity index (χ4v) is 3.15. The van der Waals surface area contributed by atoms with Crippen LogP contribution >= 0.6 is 34.5 Å². The number of ether oxygens (including phenoxy) is 1. The van der Waals surface area contributed by atoms with Crippen LogP contribution in [0, 0.1) is 0 Å². The van der Waals surface area contributed by atoms with Crippen LogP contribution in [-0.4, -0.2) is 12.9 Å². The van der Waals surface area contributed by atoms with E-state index in [1.165, 1.54) is 11.3 Å². The van der Waals surface area contributed by atoms with Crippen LogP contribution < -0.4 is 4.74 Å². The smallest absolute Gasteiger partial charge is 0.169 e. The fraction of sp³-hybridized carbons (Fsp3) is 0.154. The van der Waals surface area contributed by atoms with Gasteiger partial charge in [-0.05, 0) is 12.1 Å². The highest BCUT2D eigenvalue weighted by atomic mass is 35.5. The minimum atomic E-state index is -0.0624. The first-order chi connectivity index (χ1) is 8.61. The van der Waals surface area contributed by atoms with Gasteiger partial charge in [0.2, 0.25) is 0 Å². The molecule has 94 valence electrons. The van der Waals surface area contributed by atoms with Gasteiger partial charge < -0.3 is 4.74 Å². The zero-order chi connectivity index (χ0) is 13.1. The molecule has 5 heteroatoms. The van der Waals surface area contributed by atoms with E-state index in [0.29, 0.717) is 20.0 Å². The van der Waals surface area contributed by atoms with Crippen LogP contribution in [0.1, 0.15) is 15.9 Å². The lowest BCUT2D eigenvalue weighted by Gasteiger charge is -2.06. The molecule has 2 nitrogen and oxygen atoms in total. The molecule has 0 N–H and O–H groups in total. The third kappa shape index (κ3) is 2.86. The molecule has 0 radical (unpaired) electrons. The second kappa shape index (κ2) is 5.74. The first-order valence-electron chi connectivity index (χ1n) is 5.21. The highest BCUT2D eigenvalue weighted by molar-refractivity contribution is 7.20. The monoisotopic (exact) mass is 300 g/mol. The summed E-state index contributed by atoms with van der Waals surface area (Å²) in [4.78, 5) is 12.1. The highest BCUT2D eigenvalue weighted by Gasteiger charge is 2.16. The molecule has 2 rings (SSSR count). The molecule has 0 aliphatic carbocycles. The van der Waals surface area contributed by atoms with E-state index in [4.69, 9.17) is 27.9 Å². The van der Waals surface area contributed by atoms with Crippen molar-refractivity contribution in [3.8, 4) is 5.75 Å². The molecular weight excluding hydrogens is 291 g/mol. The molecule has 0 aliphatic heterocycles. The maximum Gasteiger partial charge on any atom is 0.169 e. The summed E-state index contributed by atoms with van der Waals surface area (Å²) in [6, 6.07) is 9.02. The lowest BCUT2D eigenvalue weighted by molar-refractivity contribution is 0.0992. The maximum absolute atomic E-state index is 12.1. The summed E-state index contributed by atoms with van der Waals surface area (Å²) in [5.74, 6) is 0.635. The average molecular weight is 301 g/mol. The van der Waals surface area contributed by atoms with Crippen molar-refractivity contribution >= 4 is 40.3 Å². The lowest BCUT2D eigenvalue weighted by atomic mass is 10.0. The van der Waals surface area contributed by atoms with E-state index in [-0.39, 0.29) is 12.2 Å². The van der Waals surface area contributed by atoms with Gasteiger partial charge in [0.05, 0.1) is 11.4 Å². The molecule has 2 aromatic rings. The zero-order valence-electron chi connectivity index (χ0n) is 9.57. The van der Waals surface area contributed by atoms with Crippen LogP contribution in [0.15, 0.2) is 30.3 Å². The van der Waals surface area contributed by atoms with Crippen LogP contribution in [0.2, 0.25) is 8.67 Å². The third-order valence-electron chi connectivity index (χ3n) is 2.50. The number of Topliss-reactive ketones (excluding diaryl/α,β-unsaturated/α-hetero) is 1. The van der Waals surface area contributed by atoms with Gasteiger partial charge in [0.25, 0.3) is 0 Å². The number of methoxy groups -OCH3 is 1. The molecule has 0 fully saturated rings. The Morgan fingerprint density at radius 1 is 1.33 bits per heavy atom. The van der Waals surface area contributed by atoms with Crippen molar-refractivity contribution < 1.29 is 9.53 Å². The van der Waals surface area contributed by atoms with Crippen LogP contribution in [-0.2, 0) is 6.42 Å². The van der Waals surface area contributed by atoms with Gasteiger partial charge in [-0.3, -0.25) is 4.79 Å². The number of para-hydroxylation sites is 1. The molecule has 1 heterocycles. The third-order valence-corrected chi connectivity index (χ3v) is 3.99. The minimum Gasteiger partial charge on any atom is -0.496 e. The molecule has 0 atom stereocenters. The van der Waals surface area contributed by atoms with Crippen molar-refractivity contribution in [2.75, 3.05) is 7.11 Å². The molecular formula is C13H10Cl2O2S. The zero-order valence-corrected chi connectivity index (χ0v) is 11.9. The van der Waals surface area contributed by atoms with E-state index in [1.807, 2.05) is 24.3 Å². The van der Waals surface area contributed by atoms with E-state index in [0.717, 1.165) is 5.56 Å². The Bertz CT molecular complexity index is 578. The van der Waals surface area contributed by atoms with E-state index >= 15 is 0 Å². The van der Waals surface area contributed by atoms with Crippen molar-refractivity contribution in [2.24, 2.45) is 0 Å². The van der Waals surface area contributed by atoms with E-state index in [2.05, 4.69) is 0 Å². The quantitative estimate of drug-likeness (QED) is 0.778. The molecule has 1 aromatic heterocycles. The summed E-state index contributed by atoms with van der Waals surface area (Å²) in [7, 11) is 1.58. The van der Waals surface area contributed by atoms with Crippen LogP contribution in [0.5, 0.6) is 5.75 Å². The molecule has 0 amide bonds. The van der Waals surface area contributed by atoms with Gasteiger partial charge in [0.15, 0.2) is 5.78 Å². The normalized spacial score (nSPS) is 10.4. The van der Waals surface area contributed by atoms with Crippen molar-refractivity contribution in [3.05, 3.63) is 50.1 Å². The number of halogens is 2. The SMILES string of the molecule is COc1ccccc1CC(=O)c1cc(Cl)sc1Cl. The second-order valence-corrected chi connectivity index (χ2v) is 5.94. The molecule has 0 unspecified atom stereocenters. The van der Waals surface area contributed by atoms with Crippen LogP contribution in [0.25, 0.3) is 0 Å². The fourth-order valence-electron chi connectivity index (χ4n) is 1.65. The summed E-state index contributed by atoms with van der Waals surface area (Å²) in [6.45, 7) is 0. The molecule has 18 heavy (non-hydrogen) atoms. The molecule has 0 aliphatic rings. The topological polar surface area (TPSA) is 26.3 Å². The van der Waals surface area contributed by atoms with Crippen LogP contribution in [0.3, 0.4) is 0 Å². The first-order valence-corrected chi connectivity index (χ1v) is 6.79. The molecule has 1 aromatic carbocycles. The number of hydrogen-bond donors (Lipinski definition) is 0. The standard InChI is InChI=1S/C13H10Cl2O2S/c1-17-11-5-3-2-4-8(11)6-10(16)9-7-12(14)18-13(9)15/h2-5,7H,6H2,1H3. The molecule has 0 spiro atoms. The predicted octanol–water partition coefficient (Wildman–Crippen LogP) is 4.49. The Morgan fingerprint density at radius 2 is 2.06 bits per heavy atom. The van der Waals surface area contributed by atoms with Crippen molar-refractivity contribution in [3.63, 3.8) is 0 Å². The largest absolute Gasteiger partial charge is 0.496 e. The van der Waals surface area contributed by atoms with Gasteiger partial charge in [-0.25, -0.2) is 0 Å². The predicted molar refractivity (Wildman–Crippen MR) is 75.4 cm³/mol. The first kappa shape index (κ1) is 13.4. The Labute approximate surface area is 119 Å². The summed E-state index contributed by atoms with van der Waals surface area (Å²) in [5.41, 5.74) is 1.31. The number of rotatable bonds is 4. The summed E-state index contributed by atoms with van der Waals surface area (Å²) >= 11 is 13.0. The Hall–Kier alpha value is -1.03. The number of carbonyl (C=O) groups is 1. The van der Waals surface area contributed by atoms with Crippen molar-refractivity contribution in [2.45, 2.75) is 6.42 Å². The Morgan fingerprint density at radius 3 is 2.67 bits per heavy atom. The van der Waals surface area contributed by atoms with E-state index < -0.39 is 0 Å². The Kier molecular flexibility index (Phi) is 4.27. The number of thiophene rings is 1. The van der Waals surface area contributed by atoms with Gasteiger partial charge in [0.1, 0.15) is 10.1 Å². The van der Waals surface area contributed by atoms with E-state index in [9.17, 15) is 4.79 Å². The minimum absolute atomic E-state index is 0.0624. The number of hydrogen-bond acceptors (Lipinski definition) is 3. The van der Waals surface area contributed by atoms with Gasteiger partial charge in [-0.2, -0.15) is 0 Å². The van der Waals surface area contributed by atoms with Crippen molar-refractivity contribution in [1.82, 2.24) is 0 Å². The molecule has 0 saturated heterocycles. The van der Waals surface area contributed by atoms with Gasteiger partial charge >= 0.3 is 0 Å². The Balaban J connectivity index is 2.24. The van der Waals surface area contributed by atoms with E-state index in [1.54, 1.807) is 13.2 Å². The highest BCUT2D eigenvalue weighted by Crippen LogP contribution is 2.32. The summed E-state index contributed by atoms with van der Waals surface area (Å²) in [6.07, 6.45) is 0.247. The summed E-state index contributed by atoms with van der Waals surface area (Å²) < 4.78 is 6.16.